The third-order valence-electron chi connectivity index (χ3n) is 5.01. The van der Waals surface area contributed by atoms with E-state index < -0.39 is 0 Å². The molecule has 25 heavy (non-hydrogen) atoms. The molecule has 0 N–H and O–H groups in total. The number of azo groups is 2. The molecule has 124 valence electrons. The second-order valence-corrected chi connectivity index (χ2v) is 6.95. The largest absolute Gasteiger partial charge is 0.311 e. The Kier molecular flexibility index (Phi) is 3.74. The maximum Gasteiger partial charge on any atom is 0.311 e. The Balaban J connectivity index is 1.95. The van der Waals surface area contributed by atoms with Crippen LogP contribution in [0.2, 0.25) is 0 Å². The summed E-state index contributed by atoms with van der Waals surface area (Å²) in [4.78, 5) is 0. The third kappa shape index (κ3) is 2.67. The van der Waals surface area contributed by atoms with E-state index in [1.165, 1.54) is 22.5 Å². The molecule has 0 amide bonds. The Morgan fingerprint density at radius 2 is 1.56 bits per heavy atom. The normalized spacial score (nSPS) is 19.2. The number of hydrogen-bond acceptors (Lipinski definition) is 1. The summed E-state index contributed by atoms with van der Waals surface area (Å²) >= 11 is 0. The van der Waals surface area contributed by atoms with Gasteiger partial charge in [0.25, 0.3) is 0 Å². The number of para-hydroxylation sites is 2. The van der Waals surface area contributed by atoms with Crippen LogP contribution in [0.1, 0.15) is 11.1 Å². The van der Waals surface area contributed by atoms with Crippen LogP contribution in [0, 0.1) is 13.8 Å². The summed E-state index contributed by atoms with van der Waals surface area (Å²) in [6.45, 7) is 5.08. The minimum absolute atomic E-state index is 0.709. The maximum absolute atomic E-state index is 4.94. The molecule has 0 fully saturated rings. The van der Waals surface area contributed by atoms with Crippen molar-refractivity contribution < 1.29 is 4.70 Å². The van der Waals surface area contributed by atoms with Gasteiger partial charge in [-0.25, -0.2) is 4.48 Å². The lowest BCUT2D eigenvalue weighted by atomic mass is 10.1. The molecule has 3 heteroatoms. The van der Waals surface area contributed by atoms with Crippen molar-refractivity contribution in [3.05, 3.63) is 83.9 Å². The van der Waals surface area contributed by atoms with Crippen LogP contribution in [-0.2, 0) is 0 Å². The highest BCUT2D eigenvalue weighted by Crippen LogP contribution is 2.44. The Labute approximate surface area is 149 Å². The second-order valence-electron chi connectivity index (χ2n) is 6.95. The van der Waals surface area contributed by atoms with Crippen molar-refractivity contribution in [1.29, 1.82) is 0 Å². The number of benzene rings is 3. The van der Waals surface area contributed by atoms with Crippen LogP contribution in [0.4, 0.5) is 22.7 Å². The zero-order chi connectivity index (χ0) is 17.4. The SMILES string of the molecule is Cc1ccc2c(c1)N=[N+](c1ccccc1)C[N+]2(C)c1ccccc1C. The zero-order valence-electron chi connectivity index (χ0n) is 15.0. The average Bonchev–Trinajstić information content (AvgIpc) is 2.62. The third-order valence-corrected chi connectivity index (χ3v) is 5.01. The minimum atomic E-state index is 0.709. The Morgan fingerprint density at radius 3 is 2.32 bits per heavy atom. The van der Waals surface area contributed by atoms with Gasteiger partial charge in [-0.05, 0) is 30.2 Å². The molecule has 1 unspecified atom stereocenters. The first-order valence-electron chi connectivity index (χ1n) is 8.65. The van der Waals surface area contributed by atoms with Crippen LogP contribution < -0.4 is 4.48 Å². The van der Waals surface area contributed by atoms with Crippen LogP contribution in [0.3, 0.4) is 0 Å². The second kappa shape index (κ2) is 5.94. The minimum Gasteiger partial charge on any atom is -0.202 e. The fourth-order valence-corrected chi connectivity index (χ4v) is 3.70. The van der Waals surface area contributed by atoms with Crippen molar-refractivity contribution in [2.24, 2.45) is 5.11 Å². The summed E-state index contributed by atoms with van der Waals surface area (Å²) in [6, 6.07) is 25.6. The van der Waals surface area contributed by atoms with Crippen LogP contribution in [0.25, 0.3) is 0 Å². The van der Waals surface area contributed by atoms with E-state index >= 15 is 0 Å². The number of aryl methyl sites for hydroxylation is 2. The summed E-state index contributed by atoms with van der Waals surface area (Å²) in [5.74, 6) is 0. The summed E-state index contributed by atoms with van der Waals surface area (Å²) < 4.78 is 2.83. The molecule has 1 heterocycles. The van der Waals surface area contributed by atoms with Gasteiger partial charge >= 0.3 is 6.67 Å². The molecule has 0 aromatic heterocycles. The standard InChI is InChI=1S/C22H23N3/c1-17-13-14-22-20(15-17)23-24(19-10-5-4-6-11-19)16-25(22,3)21-12-8-7-9-18(21)2/h4-15H,16H2,1-3H3/q+2. The first-order valence-corrected chi connectivity index (χ1v) is 8.65. The van der Waals surface area contributed by atoms with Crippen molar-refractivity contribution >= 4 is 22.7 Å². The summed E-state index contributed by atoms with van der Waals surface area (Å²) in [5, 5.41) is 4.94. The molecule has 3 aromatic carbocycles. The number of hydrogen-bond donors (Lipinski definition) is 0. The molecule has 0 bridgehead atoms. The van der Waals surface area contributed by atoms with Gasteiger partial charge in [0.2, 0.25) is 5.69 Å². The number of quaternary nitrogens is 1. The zero-order valence-corrected chi connectivity index (χ0v) is 15.0. The molecular formula is C22H23N3+2. The Bertz CT molecular complexity index is 960. The van der Waals surface area contributed by atoms with Gasteiger partial charge in [-0.3, -0.25) is 0 Å². The highest BCUT2D eigenvalue weighted by Gasteiger charge is 2.42. The summed E-state index contributed by atoms with van der Waals surface area (Å²) in [5.41, 5.74) is 7.24. The number of nitrogens with zero attached hydrogens (tertiary/aromatic N) is 3. The van der Waals surface area contributed by atoms with E-state index in [9.17, 15) is 0 Å². The number of rotatable bonds is 2. The highest BCUT2D eigenvalue weighted by atomic mass is 15.5. The van der Waals surface area contributed by atoms with Gasteiger partial charge in [0.15, 0.2) is 11.4 Å². The first-order chi connectivity index (χ1) is 12.1. The summed E-state index contributed by atoms with van der Waals surface area (Å²) in [7, 11) is 2.28. The smallest absolute Gasteiger partial charge is 0.202 e. The van der Waals surface area contributed by atoms with E-state index in [2.05, 4.69) is 92.3 Å². The predicted octanol–water partition coefficient (Wildman–Crippen LogP) is 5.97. The molecular weight excluding hydrogens is 306 g/mol. The highest BCUT2D eigenvalue weighted by molar-refractivity contribution is 5.72. The van der Waals surface area contributed by atoms with Gasteiger partial charge in [0, 0.05) is 34.9 Å². The predicted molar refractivity (Wildman–Crippen MR) is 103 cm³/mol. The average molecular weight is 329 g/mol. The molecule has 0 saturated carbocycles. The van der Waals surface area contributed by atoms with Crippen LogP contribution in [0.5, 0.6) is 0 Å². The molecule has 1 atom stereocenters. The molecule has 0 aliphatic carbocycles. The van der Waals surface area contributed by atoms with Crippen LogP contribution in [-0.4, -0.2) is 18.4 Å². The maximum atomic E-state index is 4.94. The van der Waals surface area contributed by atoms with E-state index in [0.717, 1.165) is 18.0 Å². The van der Waals surface area contributed by atoms with Crippen molar-refractivity contribution in [3.63, 3.8) is 0 Å². The van der Waals surface area contributed by atoms with E-state index in [4.69, 9.17) is 5.11 Å². The van der Waals surface area contributed by atoms with E-state index in [0.29, 0.717) is 4.48 Å². The molecule has 1 aliphatic heterocycles. The van der Waals surface area contributed by atoms with Gasteiger partial charge in [0.05, 0.1) is 7.05 Å². The lowest BCUT2D eigenvalue weighted by Crippen LogP contribution is -2.46. The van der Waals surface area contributed by atoms with Crippen molar-refractivity contribution in [2.75, 3.05) is 13.7 Å². The van der Waals surface area contributed by atoms with Crippen LogP contribution in [0.15, 0.2) is 77.9 Å². The van der Waals surface area contributed by atoms with E-state index in [-0.39, 0.29) is 0 Å². The lowest BCUT2D eigenvalue weighted by molar-refractivity contribution is -0.527. The van der Waals surface area contributed by atoms with E-state index in [1.807, 2.05) is 6.07 Å². The number of fused-ring (bicyclic) bond motifs is 1. The quantitative estimate of drug-likeness (QED) is 0.406. The fourth-order valence-electron chi connectivity index (χ4n) is 3.70. The molecule has 0 spiro atoms. The van der Waals surface area contributed by atoms with E-state index in [1.54, 1.807) is 0 Å². The van der Waals surface area contributed by atoms with Gasteiger partial charge in [-0.1, -0.05) is 42.5 Å². The molecule has 3 nitrogen and oxygen atoms in total. The topological polar surface area (TPSA) is 15.4 Å². The van der Waals surface area contributed by atoms with Crippen molar-refractivity contribution in [2.45, 2.75) is 13.8 Å². The van der Waals surface area contributed by atoms with Gasteiger partial charge < -0.3 is 0 Å². The Morgan fingerprint density at radius 1 is 0.840 bits per heavy atom. The lowest BCUT2D eigenvalue weighted by Gasteiger charge is -2.33. The molecule has 4 rings (SSSR count). The fraction of sp³-hybridized carbons (Fsp3) is 0.182. The monoisotopic (exact) mass is 329 g/mol. The molecule has 3 aromatic rings. The van der Waals surface area contributed by atoms with Crippen molar-refractivity contribution in [1.82, 2.24) is 4.48 Å². The molecule has 1 aliphatic rings. The summed E-state index contributed by atoms with van der Waals surface area (Å²) in [6.07, 6.45) is 0. The molecule has 0 radical (unpaired) electrons. The van der Waals surface area contributed by atoms with Crippen molar-refractivity contribution in [3.8, 4) is 0 Å². The Hall–Kier alpha value is -2.78. The van der Waals surface area contributed by atoms with Gasteiger partial charge in [-0.15, -0.1) is 0 Å². The van der Waals surface area contributed by atoms with Gasteiger partial charge in [0.1, 0.15) is 5.69 Å². The van der Waals surface area contributed by atoms with Crippen LogP contribution >= 0.6 is 0 Å². The van der Waals surface area contributed by atoms with Gasteiger partial charge in [-0.2, -0.15) is 0 Å². The first kappa shape index (κ1) is 15.7. The molecule has 0 saturated heterocycles.